The Hall–Kier alpha value is -3.29. The first kappa shape index (κ1) is 16.6. The first-order chi connectivity index (χ1) is 11.8. The van der Waals surface area contributed by atoms with Crippen LogP contribution in [0.2, 0.25) is 0 Å². The minimum Gasteiger partial charge on any atom is -0.494 e. The normalized spacial score (nSPS) is 11.0. The number of rotatable bonds is 2. The van der Waals surface area contributed by atoms with E-state index in [0.717, 1.165) is 9.13 Å². The molecule has 0 saturated heterocycles. The fraction of sp³-hybridized carbons (Fsp3) is 0.235. The molecule has 0 spiro atoms. The minimum absolute atomic E-state index is 0.0938. The molecule has 0 bridgehead atoms. The molecule has 0 atom stereocenters. The molecule has 0 fully saturated rings. The fourth-order valence-corrected chi connectivity index (χ4v) is 2.99. The van der Waals surface area contributed by atoms with Gasteiger partial charge in [-0.25, -0.2) is 9.59 Å². The topological polar surface area (TPSA) is 91.2 Å². The molecular weight excluding hydrogens is 324 g/mol. The summed E-state index contributed by atoms with van der Waals surface area (Å²) in [6.45, 7) is 0. The van der Waals surface area contributed by atoms with Crippen molar-refractivity contribution in [1.82, 2.24) is 18.3 Å². The van der Waals surface area contributed by atoms with Gasteiger partial charge in [-0.15, -0.1) is 0 Å². The van der Waals surface area contributed by atoms with Crippen molar-refractivity contribution in [1.29, 1.82) is 0 Å². The summed E-state index contributed by atoms with van der Waals surface area (Å²) in [5.74, 6) is -0.480. The summed E-state index contributed by atoms with van der Waals surface area (Å²) in [4.78, 5) is 37.2. The average molecular weight is 342 g/mol. The third-order valence-electron chi connectivity index (χ3n) is 4.39. The van der Waals surface area contributed by atoms with Gasteiger partial charge in [0.25, 0.3) is 5.56 Å². The van der Waals surface area contributed by atoms with Crippen molar-refractivity contribution in [3.05, 3.63) is 61.7 Å². The van der Waals surface area contributed by atoms with Crippen LogP contribution in [-0.2, 0) is 28.2 Å². The smallest absolute Gasteiger partial charge is 0.333 e. The lowest BCUT2D eigenvalue weighted by Crippen LogP contribution is -2.38. The van der Waals surface area contributed by atoms with Gasteiger partial charge in [0.2, 0.25) is 5.88 Å². The highest BCUT2D eigenvalue weighted by Crippen LogP contribution is 2.32. The monoisotopic (exact) mass is 342 g/mol. The van der Waals surface area contributed by atoms with Gasteiger partial charge in [0.05, 0.1) is 11.4 Å². The number of hydrogen-bond acceptors (Lipinski definition) is 4. The molecule has 1 aromatic carbocycles. The Balaban J connectivity index is 2.54. The van der Waals surface area contributed by atoms with Crippen LogP contribution in [0.4, 0.5) is 0 Å². The van der Waals surface area contributed by atoms with Crippen molar-refractivity contribution in [3.63, 3.8) is 0 Å². The zero-order valence-corrected chi connectivity index (χ0v) is 14.3. The molecule has 8 heteroatoms. The number of aromatic hydroxyl groups is 1. The molecule has 0 unspecified atom stereocenters. The van der Waals surface area contributed by atoms with E-state index in [1.165, 1.54) is 30.3 Å². The molecule has 2 heterocycles. The molecule has 0 aliphatic rings. The van der Waals surface area contributed by atoms with E-state index >= 15 is 0 Å². The van der Waals surface area contributed by atoms with Crippen LogP contribution < -0.4 is 16.9 Å². The minimum atomic E-state index is -0.668. The summed E-state index contributed by atoms with van der Waals surface area (Å²) in [6, 6.07) is 9.08. The summed E-state index contributed by atoms with van der Waals surface area (Å²) >= 11 is 0. The lowest BCUT2D eigenvalue weighted by Gasteiger charge is -2.13. The van der Waals surface area contributed by atoms with Crippen molar-refractivity contribution in [2.75, 3.05) is 0 Å². The zero-order chi connectivity index (χ0) is 18.5. The maximum absolute atomic E-state index is 12.7. The van der Waals surface area contributed by atoms with Crippen LogP contribution in [0.25, 0.3) is 22.5 Å². The van der Waals surface area contributed by atoms with Gasteiger partial charge in [0, 0.05) is 33.8 Å². The lowest BCUT2D eigenvalue weighted by atomic mass is 10.1. The van der Waals surface area contributed by atoms with E-state index in [-0.39, 0.29) is 16.9 Å². The second kappa shape index (κ2) is 5.66. The van der Waals surface area contributed by atoms with Crippen LogP contribution in [0.1, 0.15) is 0 Å². The summed E-state index contributed by atoms with van der Waals surface area (Å²) < 4.78 is 4.59. The van der Waals surface area contributed by atoms with Gasteiger partial charge in [-0.05, 0) is 0 Å². The predicted molar refractivity (Wildman–Crippen MR) is 93.7 cm³/mol. The molecule has 130 valence electrons. The van der Waals surface area contributed by atoms with Gasteiger partial charge in [-0.3, -0.25) is 23.1 Å². The molecule has 0 saturated carbocycles. The highest BCUT2D eigenvalue weighted by atomic mass is 16.3. The van der Waals surface area contributed by atoms with Crippen LogP contribution in [-0.4, -0.2) is 23.4 Å². The maximum atomic E-state index is 12.7. The molecule has 0 radical (unpaired) electrons. The standard InChI is InChI=1S/C17H18N4O4/c1-18-12(10-8-6-5-7-9-10)13(19(2)16(18)24)11-14(22)20(3)17(25)21(4)15(11)23/h5-9,22H,1-4H3. The molecule has 1 N–H and O–H groups in total. The second-order valence-electron chi connectivity index (χ2n) is 5.87. The largest absolute Gasteiger partial charge is 0.494 e. The number of hydrogen-bond donors (Lipinski definition) is 1. The molecule has 8 nitrogen and oxygen atoms in total. The van der Waals surface area contributed by atoms with Crippen LogP contribution in [0.5, 0.6) is 5.88 Å². The molecule has 3 rings (SSSR count). The quantitative estimate of drug-likeness (QED) is 0.718. The SMILES string of the molecule is Cn1c(-c2ccccc2)c(-c2c(O)n(C)c(=O)n(C)c2=O)n(C)c1=O. The first-order valence-electron chi connectivity index (χ1n) is 7.57. The van der Waals surface area contributed by atoms with Crippen molar-refractivity contribution in [2.45, 2.75) is 0 Å². The lowest BCUT2D eigenvalue weighted by molar-refractivity contribution is 0.414. The van der Waals surface area contributed by atoms with E-state index in [2.05, 4.69) is 0 Å². The van der Waals surface area contributed by atoms with Crippen molar-refractivity contribution < 1.29 is 5.11 Å². The van der Waals surface area contributed by atoms with Crippen molar-refractivity contribution in [2.24, 2.45) is 28.2 Å². The third-order valence-corrected chi connectivity index (χ3v) is 4.39. The summed E-state index contributed by atoms with van der Waals surface area (Å²) in [5.41, 5.74) is -0.292. The number of benzene rings is 1. The summed E-state index contributed by atoms with van der Waals surface area (Å²) in [7, 11) is 5.81. The molecule has 2 aromatic heterocycles. The van der Waals surface area contributed by atoms with Gasteiger partial charge < -0.3 is 5.11 Å². The van der Waals surface area contributed by atoms with Gasteiger partial charge in [0.15, 0.2) is 0 Å². The van der Waals surface area contributed by atoms with Gasteiger partial charge in [-0.1, -0.05) is 30.3 Å². The highest BCUT2D eigenvalue weighted by molar-refractivity contribution is 5.80. The zero-order valence-electron chi connectivity index (χ0n) is 14.3. The molecule has 0 aliphatic heterocycles. The Morgan fingerprint density at radius 3 is 1.84 bits per heavy atom. The van der Waals surface area contributed by atoms with E-state index in [0.29, 0.717) is 11.3 Å². The predicted octanol–water partition coefficient (Wildman–Crippen LogP) is 0.161. The Kier molecular flexibility index (Phi) is 3.75. The number of nitrogens with zero attached hydrogens (tertiary/aromatic N) is 4. The van der Waals surface area contributed by atoms with Crippen molar-refractivity contribution >= 4 is 0 Å². The van der Waals surface area contributed by atoms with Gasteiger partial charge >= 0.3 is 11.4 Å². The molecule has 0 aliphatic carbocycles. The van der Waals surface area contributed by atoms with E-state index in [4.69, 9.17) is 0 Å². The Morgan fingerprint density at radius 1 is 0.720 bits per heavy atom. The van der Waals surface area contributed by atoms with E-state index in [1.807, 2.05) is 30.3 Å². The Labute approximate surface area is 142 Å². The van der Waals surface area contributed by atoms with E-state index in [9.17, 15) is 19.5 Å². The van der Waals surface area contributed by atoms with Crippen LogP contribution >= 0.6 is 0 Å². The molecule has 25 heavy (non-hydrogen) atoms. The maximum Gasteiger partial charge on any atom is 0.333 e. The number of imidazole rings is 1. The third kappa shape index (κ3) is 2.25. The first-order valence-corrected chi connectivity index (χ1v) is 7.57. The summed E-state index contributed by atoms with van der Waals surface area (Å²) in [5, 5.41) is 10.5. The highest BCUT2D eigenvalue weighted by Gasteiger charge is 2.26. The number of aromatic nitrogens is 4. The van der Waals surface area contributed by atoms with Crippen LogP contribution in [0.15, 0.2) is 44.7 Å². The average Bonchev–Trinajstić information content (AvgIpc) is 2.84. The molecule has 0 amide bonds. The summed E-state index contributed by atoms with van der Waals surface area (Å²) in [6.07, 6.45) is 0. The Bertz CT molecular complexity index is 1150. The molecular formula is C17H18N4O4. The van der Waals surface area contributed by atoms with E-state index in [1.54, 1.807) is 7.05 Å². The Morgan fingerprint density at radius 2 is 1.24 bits per heavy atom. The van der Waals surface area contributed by atoms with E-state index < -0.39 is 17.1 Å². The second-order valence-corrected chi connectivity index (χ2v) is 5.87. The van der Waals surface area contributed by atoms with Crippen LogP contribution in [0.3, 0.4) is 0 Å². The van der Waals surface area contributed by atoms with Crippen LogP contribution in [0, 0.1) is 0 Å². The van der Waals surface area contributed by atoms with Gasteiger partial charge in [-0.2, -0.15) is 0 Å². The van der Waals surface area contributed by atoms with Gasteiger partial charge in [0.1, 0.15) is 5.56 Å². The molecule has 3 aromatic rings. The fourth-order valence-electron chi connectivity index (χ4n) is 2.99. The van der Waals surface area contributed by atoms with Crippen molar-refractivity contribution in [3.8, 4) is 28.4 Å².